The molecule has 4 nitrogen and oxygen atoms in total. The zero-order valence-electron chi connectivity index (χ0n) is 10.3. The van der Waals surface area contributed by atoms with Crippen LogP contribution in [0.5, 0.6) is 0 Å². The molecule has 0 radical (unpaired) electrons. The number of sulfonamides is 1. The maximum absolute atomic E-state index is 13.6. The molecule has 0 fully saturated rings. The van der Waals surface area contributed by atoms with Crippen LogP contribution in [-0.2, 0) is 10.0 Å². The first-order valence-electron chi connectivity index (χ1n) is 5.51. The van der Waals surface area contributed by atoms with Crippen LogP contribution >= 0.6 is 23.2 Å². The number of hydrogen-bond donors (Lipinski definition) is 1. The van der Waals surface area contributed by atoms with Gasteiger partial charge in [-0.1, -0.05) is 29.3 Å². The van der Waals surface area contributed by atoms with E-state index in [1.165, 1.54) is 24.3 Å². The van der Waals surface area contributed by atoms with Crippen LogP contribution in [0.3, 0.4) is 0 Å². The maximum Gasteiger partial charge on any atom is 0.263 e. The average Bonchev–Trinajstić information content (AvgIpc) is 2.42. The molecule has 21 heavy (non-hydrogen) atoms. The molecule has 0 aliphatic heterocycles. The average molecular weight is 345 g/mol. The predicted molar refractivity (Wildman–Crippen MR) is 78.4 cm³/mol. The van der Waals surface area contributed by atoms with Crippen molar-refractivity contribution < 1.29 is 12.8 Å². The lowest BCUT2D eigenvalue weighted by molar-refractivity contribution is 0.598. The van der Waals surface area contributed by atoms with Gasteiger partial charge in [0.1, 0.15) is 16.4 Å². The van der Waals surface area contributed by atoms with E-state index >= 15 is 0 Å². The van der Waals surface area contributed by atoms with E-state index in [1.807, 2.05) is 10.8 Å². The Balaban J connectivity index is 2.47. The van der Waals surface area contributed by atoms with Gasteiger partial charge in [-0.3, -0.25) is 4.72 Å². The number of rotatable bonds is 3. The molecule has 0 aliphatic carbocycles. The third-order valence-corrected chi connectivity index (χ3v) is 4.70. The number of nitriles is 1. The van der Waals surface area contributed by atoms with Gasteiger partial charge in [0, 0.05) is 0 Å². The summed E-state index contributed by atoms with van der Waals surface area (Å²) in [6.07, 6.45) is 0. The molecule has 0 aromatic heterocycles. The minimum Gasteiger partial charge on any atom is -0.275 e. The van der Waals surface area contributed by atoms with Gasteiger partial charge >= 0.3 is 0 Å². The molecular formula is C13H7Cl2FN2O2S. The Morgan fingerprint density at radius 3 is 2.43 bits per heavy atom. The molecule has 2 aromatic carbocycles. The molecule has 0 unspecified atom stereocenters. The van der Waals surface area contributed by atoms with E-state index in [-0.39, 0.29) is 26.2 Å². The van der Waals surface area contributed by atoms with Crippen molar-refractivity contribution in [2.75, 3.05) is 4.72 Å². The highest BCUT2D eigenvalue weighted by atomic mass is 35.5. The van der Waals surface area contributed by atoms with Gasteiger partial charge in [0.2, 0.25) is 0 Å². The highest BCUT2D eigenvalue weighted by Crippen LogP contribution is 2.29. The van der Waals surface area contributed by atoms with Gasteiger partial charge < -0.3 is 0 Å². The molecule has 8 heteroatoms. The van der Waals surface area contributed by atoms with E-state index in [0.29, 0.717) is 0 Å². The van der Waals surface area contributed by atoms with Crippen LogP contribution in [0.2, 0.25) is 10.0 Å². The summed E-state index contributed by atoms with van der Waals surface area (Å²) >= 11 is 11.6. The van der Waals surface area contributed by atoms with Gasteiger partial charge in [-0.15, -0.1) is 0 Å². The van der Waals surface area contributed by atoms with Gasteiger partial charge in [0.25, 0.3) is 10.0 Å². The van der Waals surface area contributed by atoms with Crippen molar-refractivity contribution in [3.63, 3.8) is 0 Å². The van der Waals surface area contributed by atoms with E-state index < -0.39 is 15.8 Å². The number of hydrogen-bond acceptors (Lipinski definition) is 3. The van der Waals surface area contributed by atoms with Gasteiger partial charge in [-0.05, 0) is 30.3 Å². The third kappa shape index (κ3) is 3.27. The quantitative estimate of drug-likeness (QED) is 0.920. The molecule has 2 aromatic rings. The minimum absolute atomic E-state index is 0.0802. The molecule has 0 saturated carbocycles. The van der Waals surface area contributed by atoms with Crippen LogP contribution < -0.4 is 4.72 Å². The van der Waals surface area contributed by atoms with Crippen molar-refractivity contribution in [1.29, 1.82) is 5.26 Å². The monoisotopic (exact) mass is 344 g/mol. The van der Waals surface area contributed by atoms with E-state index in [4.69, 9.17) is 28.5 Å². The Morgan fingerprint density at radius 1 is 1.14 bits per heavy atom. The van der Waals surface area contributed by atoms with Gasteiger partial charge in [0.05, 0.1) is 21.7 Å². The predicted octanol–water partition coefficient (Wildman–Crippen LogP) is 3.80. The molecule has 2 rings (SSSR count). The van der Waals surface area contributed by atoms with Gasteiger partial charge in [-0.25, -0.2) is 12.8 Å². The van der Waals surface area contributed by atoms with Crippen molar-refractivity contribution in [3.05, 3.63) is 57.8 Å². The summed E-state index contributed by atoms with van der Waals surface area (Å²) in [4.78, 5) is -0.275. The van der Waals surface area contributed by atoms with Crippen molar-refractivity contribution in [2.45, 2.75) is 4.90 Å². The SMILES string of the molecule is N#Cc1ccc(S(=O)(=O)Nc2c(F)cccc2Cl)c(Cl)c1. The highest BCUT2D eigenvalue weighted by Gasteiger charge is 2.21. The number of para-hydroxylation sites is 1. The fourth-order valence-electron chi connectivity index (χ4n) is 1.57. The second-order valence-corrected chi connectivity index (χ2v) is 6.42. The first-order chi connectivity index (χ1) is 9.85. The molecule has 0 saturated heterocycles. The van der Waals surface area contributed by atoms with Crippen LogP contribution in [0, 0.1) is 17.1 Å². The maximum atomic E-state index is 13.6. The summed E-state index contributed by atoms with van der Waals surface area (Å²) in [7, 11) is -4.13. The topological polar surface area (TPSA) is 70.0 Å². The van der Waals surface area contributed by atoms with Gasteiger partial charge in [-0.2, -0.15) is 5.26 Å². The fourth-order valence-corrected chi connectivity index (χ4v) is 3.47. The number of nitrogens with one attached hydrogen (secondary N) is 1. The molecule has 0 amide bonds. The largest absolute Gasteiger partial charge is 0.275 e. The van der Waals surface area contributed by atoms with Crippen LogP contribution in [0.4, 0.5) is 10.1 Å². The molecule has 0 aliphatic rings. The normalized spacial score (nSPS) is 11.0. The van der Waals surface area contributed by atoms with Crippen LogP contribution in [0.25, 0.3) is 0 Å². The summed E-state index contributed by atoms with van der Waals surface area (Å²) in [5.74, 6) is -0.809. The Hall–Kier alpha value is -1.81. The first kappa shape index (κ1) is 15.6. The Morgan fingerprint density at radius 2 is 1.86 bits per heavy atom. The number of benzene rings is 2. The van der Waals surface area contributed by atoms with Crippen LogP contribution in [-0.4, -0.2) is 8.42 Å². The summed E-state index contributed by atoms with van der Waals surface area (Å²) < 4.78 is 40.1. The lowest BCUT2D eigenvalue weighted by atomic mass is 10.2. The van der Waals surface area contributed by atoms with E-state index in [2.05, 4.69) is 0 Å². The lowest BCUT2D eigenvalue weighted by Gasteiger charge is -2.11. The smallest absolute Gasteiger partial charge is 0.263 e. The molecule has 0 spiro atoms. The molecule has 1 N–H and O–H groups in total. The zero-order valence-corrected chi connectivity index (χ0v) is 12.6. The Bertz CT molecular complexity index is 827. The standard InChI is InChI=1S/C13H7Cl2FN2O2S/c14-9-2-1-3-11(16)13(9)18-21(19,20)12-5-4-8(7-17)6-10(12)15/h1-6,18H. The van der Waals surface area contributed by atoms with Crippen molar-refractivity contribution in [3.8, 4) is 6.07 Å². The third-order valence-electron chi connectivity index (χ3n) is 2.55. The number of halogens is 3. The van der Waals surface area contributed by atoms with E-state index in [9.17, 15) is 12.8 Å². The van der Waals surface area contributed by atoms with Crippen LogP contribution in [0.15, 0.2) is 41.3 Å². The minimum atomic E-state index is -4.13. The summed E-state index contributed by atoms with van der Waals surface area (Å²) in [6, 6.07) is 9.28. The first-order valence-corrected chi connectivity index (χ1v) is 7.75. The molecular weight excluding hydrogens is 338 g/mol. The summed E-state index contributed by atoms with van der Waals surface area (Å²) in [5, 5.41) is 8.50. The Kier molecular flexibility index (Phi) is 4.37. The van der Waals surface area contributed by atoms with Gasteiger partial charge in [0.15, 0.2) is 0 Å². The van der Waals surface area contributed by atoms with E-state index in [1.54, 1.807) is 0 Å². The molecule has 0 bridgehead atoms. The fraction of sp³-hybridized carbons (Fsp3) is 0. The molecule has 108 valence electrons. The lowest BCUT2D eigenvalue weighted by Crippen LogP contribution is -2.15. The van der Waals surface area contributed by atoms with E-state index in [0.717, 1.165) is 12.1 Å². The van der Waals surface area contributed by atoms with Crippen LogP contribution in [0.1, 0.15) is 5.56 Å². The van der Waals surface area contributed by atoms with Crippen molar-refractivity contribution in [2.24, 2.45) is 0 Å². The zero-order chi connectivity index (χ0) is 15.6. The summed E-state index contributed by atoms with van der Waals surface area (Å²) in [5.41, 5.74) is -0.150. The molecule has 0 atom stereocenters. The number of nitrogens with zero attached hydrogens (tertiary/aromatic N) is 1. The summed E-state index contributed by atoms with van der Waals surface area (Å²) in [6.45, 7) is 0. The molecule has 0 heterocycles. The second-order valence-electron chi connectivity index (χ2n) is 3.96. The second kappa shape index (κ2) is 5.90. The van der Waals surface area contributed by atoms with Crippen molar-refractivity contribution in [1.82, 2.24) is 0 Å². The van der Waals surface area contributed by atoms with Crippen molar-refractivity contribution >= 4 is 38.9 Å². The number of anilines is 1. The highest BCUT2D eigenvalue weighted by molar-refractivity contribution is 7.92. The Labute approximate surface area is 130 Å².